The first-order valence-electron chi connectivity index (χ1n) is 7.12. The highest BCUT2D eigenvalue weighted by Gasteiger charge is 2.18. The van der Waals surface area contributed by atoms with Gasteiger partial charge in [0.25, 0.3) is 0 Å². The molecule has 0 aliphatic heterocycles. The van der Waals surface area contributed by atoms with Crippen LogP contribution in [0.4, 0.5) is 0 Å². The number of halogens is 1. The molecule has 0 aliphatic rings. The summed E-state index contributed by atoms with van der Waals surface area (Å²) in [5, 5.41) is 3.46. The van der Waals surface area contributed by atoms with E-state index in [1.807, 2.05) is 35.7 Å². The van der Waals surface area contributed by atoms with Gasteiger partial charge in [-0.1, -0.05) is 35.9 Å². The Balaban J connectivity index is 1.98. The molecule has 3 aromatic rings. The van der Waals surface area contributed by atoms with E-state index in [-0.39, 0.29) is 4.90 Å². The molecular weight excluding hydrogens is 364 g/mol. The minimum absolute atomic E-state index is 0.256. The zero-order chi connectivity index (χ0) is 17.3. The summed E-state index contributed by atoms with van der Waals surface area (Å²) in [5.41, 5.74) is 2.50. The molecule has 24 heavy (non-hydrogen) atoms. The first kappa shape index (κ1) is 17.1. The molecule has 0 saturated heterocycles. The molecule has 7 heteroatoms. The van der Waals surface area contributed by atoms with Crippen LogP contribution in [0.3, 0.4) is 0 Å². The maximum atomic E-state index is 12.3. The highest BCUT2D eigenvalue weighted by Crippen LogP contribution is 2.30. The van der Waals surface area contributed by atoms with E-state index < -0.39 is 10.0 Å². The summed E-state index contributed by atoms with van der Waals surface area (Å²) < 4.78 is 25.7. The third-order valence-electron chi connectivity index (χ3n) is 3.50. The Hall–Kier alpha value is -1.73. The van der Waals surface area contributed by atoms with Gasteiger partial charge < -0.3 is 0 Å². The lowest BCUT2D eigenvalue weighted by molar-refractivity contribution is 0.521. The summed E-state index contributed by atoms with van der Waals surface area (Å²) in [4.78, 5) is 4.87. The molecule has 1 heterocycles. The highest BCUT2D eigenvalue weighted by atomic mass is 35.5. The summed E-state index contributed by atoms with van der Waals surface area (Å²) >= 11 is 7.42. The smallest absolute Gasteiger partial charge is 0.236 e. The Bertz CT molecular complexity index is 964. The van der Waals surface area contributed by atoms with Crippen LogP contribution in [0, 0.1) is 0 Å². The third-order valence-corrected chi connectivity index (χ3v) is 6.46. The molecule has 0 radical (unpaired) electrons. The van der Waals surface area contributed by atoms with Gasteiger partial charge >= 0.3 is 0 Å². The molecule has 0 unspecified atom stereocenters. The lowest BCUT2D eigenvalue weighted by atomic mass is 10.2. The number of nitrogens with zero attached hydrogens (tertiary/aromatic N) is 2. The summed E-state index contributed by atoms with van der Waals surface area (Å²) in [6.45, 7) is 0. The van der Waals surface area contributed by atoms with Gasteiger partial charge in [-0.25, -0.2) is 17.7 Å². The van der Waals surface area contributed by atoms with Crippen molar-refractivity contribution in [1.82, 2.24) is 9.29 Å². The Morgan fingerprint density at radius 1 is 1.04 bits per heavy atom. The second kappa shape index (κ2) is 6.64. The average Bonchev–Trinajstić information content (AvgIpc) is 3.05. The van der Waals surface area contributed by atoms with Crippen LogP contribution < -0.4 is 0 Å². The number of sulfonamides is 1. The number of benzene rings is 2. The molecule has 3 rings (SSSR count). The van der Waals surface area contributed by atoms with Crippen LogP contribution in [-0.4, -0.2) is 31.8 Å². The SMILES string of the molecule is CN(C)S(=O)(=O)c1cccc(-c2csc(-c3ccc(Cl)cc3)n2)c1. The molecule has 124 valence electrons. The van der Waals surface area contributed by atoms with Gasteiger partial charge in [0.1, 0.15) is 5.01 Å². The van der Waals surface area contributed by atoms with E-state index in [1.165, 1.54) is 29.7 Å². The molecule has 0 saturated carbocycles. The molecule has 0 N–H and O–H groups in total. The number of thiazole rings is 1. The average molecular weight is 379 g/mol. The van der Waals surface area contributed by atoms with Gasteiger partial charge in [0, 0.05) is 35.6 Å². The molecule has 4 nitrogen and oxygen atoms in total. The predicted octanol–water partition coefficient (Wildman–Crippen LogP) is 4.38. The Morgan fingerprint density at radius 2 is 1.75 bits per heavy atom. The Kier molecular flexibility index (Phi) is 4.73. The highest BCUT2D eigenvalue weighted by molar-refractivity contribution is 7.89. The standard InChI is InChI=1S/C17H15ClN2O2S2/c1-20(2)24(21,22)15-5-3-4-13(10-15)16-11-23-17(19-16)12-6-8-14(18)9-7-12/h3-11H,1-2H3. The van der Waals surface area contributed by atoms with Crippen LogP contribution in [0.2, 0.25) is 5.02 Å². The first-order chi connectivity index (χ1) is 11.4. The van der Waals surface area contributed by atoms with Crippen LogP contribution in [0.1, 0.15) is 0 Å². The maximum Gasteiger partial charge on any atom is 0.242 e. The summed E-state index contributed by atoms with van der Waals surface area (Å²) in [7, 11) is -0.429. The van der Waals surface area contributed by atoms with Gasteiger partial charge in [-0.3, -0.25) is 0 Å². The quantitative estimate of drug-likeness (QED) is 0.676. The molecular formula is C17H15ClN2O2S2. The van der Waals surface area contributed by atoms with Crippen LogP contribution in [0.15, 0.2) is 58.8 Å². The summed E-state index contributed by atoms with van der Waals surface area (Å²) in [6.07, 6.45) is 0. The fraction of sp³-hybridized carbons (Fsp3) is 0.118. The molecule has 0 spiro atoms. The third kappa shape index (κ3) is 3.37. The predicted molar refractivity (Wildman–Crippen MR) is 98.9 cm³/mol. The van der Waals surface area contributed by atoms with Crippen LogP contribution in [0.25, 0.3) is 21.8 Å². The van der Waals surface area contributed by atoms with Crippen LogP contribution >= 0.6 is 22.9 Å². The van der Waals surface area contributed by atoms with Crippen LogP contribution in [0.5, 0.6) is 0 Å². The first-order valence-corrected chi connectivity index (χ1v) is 9.82. The lowest BCUT2D eigenvalue weighted by Gasteiger charge is -2.11. The van der Waals surface area contributed by atoms with Crippen molar-refractivity contribution in [3.05, 3.63) is 58.9 Å². The largest absolute Gasteiger partial charge is 0.242 e. The summed E-state index contributed by atoms with van der Waals surface area (Å²) in [6, 6.07) is 14.3. The zero-order valence-corrected chi connectivity index (χ0v) is 15.5. The molecule has 0 amide bonds. The number of rotatable bonds is 4. The van der Waals surface area contributed by atoms with E-state index in [2.05, 4.69) is 4.98 Å². The van der Waals surface area contributed by atoms with E-state index in [0.717, 1.165) is 21.8 Å². The summed E-state index contributed by atoms with van der Waals surface area (Å²) in [5.74, 6) is 0. The lowest BCUT2D eigenvalue weighted by Crippen LogP contribution is -2.22. The van der Waals surface area contributed by atoms with Gasteiger partial charge in [-0.05, 0) is 24.3 Å². The second-order valence-electron chi connectivity index (χ2n) is 5.36. The minimum atomic E-state index is -3.46. The van der Waals surface area contributed by atoms with Gasteiger partial charge in [-0.15, -0.1) is 11.3 Å². The normalized spacial score (nSPS) is 11.8. The minimum Gasteiger partial charge on any atom is -0.236 e. The Morgan fingerprint density at radius 3 is 2.42 bits per heavy atom. The van der Waals surface area contributed by atoms with Crippen LogP contribution in [-0.2, 0) is 10.0 Å². The van der Waals surface area contributed by atoms with Gasteiger partial charge in [0.2, 0.25) is 10.0 Å². The monoisotopic (exact) mass is 378 g/mol. The Labute approximate surface area is 150 Å². The molecule has 0 fully saturated rings. The van der Waals surface area contributed by atoms with Crippen molar-refractivity contribution >= 4 is 33.0 Å². The fourth-order valence-electron chi connectivity index (χ4n) is 2.16. The van der Waals surface area contributed by atoms with Crippen molar-refractivity contribution in [3.63, 3.8) is 0 Å². The molecule has 2 aromatic carbocycles. The molecule has 0 bridgehead atoms. The molecule has 1 aromatic heterocycles. The van der Waals surface area contributed by atoms with E-state index in [1.54, 1.807) is 18.2 Å². The van der Waals surface area contributed by atoms with Crippen molar-refractivity contribution < 1.29 is 8.42 Å². The fourth-order valence-corrected chi connectivity index (χ4v) is 4.07. The topological polar surface area (TPSA) is 50.3 Å². The van der Waals surface area contributed by atoms with Crippen molar-refractivity contribution in [2.75, 3.05) is 14.1 Å². The van der Waals surface area contributed by atoms with Crippen molar-refractivity contribution in [2.24, 2.45) is 0 Å². The second-order valence-corrected chi connectivity index (χ2v) is 8.81. The van der Waals surface area contributed by atoms with E-state index in [9.17, 15) is 8.42 Å². The van der Waals surface area contributed by atoms with Crippen molar-refractivity contribution in [3.8, 4) is 21.8 Å². The van der Waals surface area contributed by atoms with E-state index in [0.29, 0.717) is 5.02 Å². The number of hydrogen-bond acceptors (Lipinski definition) is 4. The molecule has 0 aliphatic carbocycles. The number of aromatic nitrogens is 1. The zero-order valence-electron chi connectivity index (χ0n) is 13.1. The molecule has 0 atom stereocenters. The number of hydrogen-bond donors (Lipinski definition) is 0. The van der Waals surface area contributed by atoms with Gasteiger partial charge in [0.15, 0.2) is 0 Å². The van der Waals surface area contributed by atoms with Crippen molar-refractivity contribution in [2.45, 2.75) is 4.90 Å². The van der Waals surface area contributed by atoms with Gasteiger partial charge in [0.05, 0.1) is 10.6 Å². The van der Waals surface area contributed by atoms with E-state index in [4.69, 9.17) is 11.6 Å². The maximum absolute atomic E-state index is 12.3. The van der Waals surface area contributed by atoms with Crippen molar-refractivity contribution in [1.29, 1.82) is 0 Å². The van der Waals surface area contributed by atoms with Gasteiger partial charge in [-0.2, -0.15) is 0 Å². The van der Waals surface area contributed by atoms with E-state index >= 15 is 0 Å².